The van der Waals surface area contributed by atoms with Gasteiger partial charge in [0.1, 0.15) is 5.75 Å². The number of amides is 2. The Hall–Kier alpha value is -2.86. The van der Waals surface area contributed by atoms with Crippen LogP contribution in [-0.4, -0.2) is 17.2 Å². The Morgan fingerprint density at radius 2 is 1.71 bits per heavy atom. The highest BCUT2D eigenvalue weighted by Gasteiger charge is 2.07. The summed E-state index contributed by atoms with van der Waals surface area (Å²) in [6.07, 6.45) is 2.66. The van der Waals surface area contributed by atoms with Gasteiger partial charge in [-0.15, -0.1) is 0 Å². The van der Waals surface area contributed by atoms with Crippen LogP contribution in [0.5, 0.6) is 5.75 Å². The first-order valence-corrected chi connectivity index (χ1v) is 7.74. The lowest BCUT2D eigenvalue weighted by Crippen LogP contribution is -2.19. The van der Waals surface area contributed by atoms with Crippen LogP contribution in [0.2, 0.25) is 0 Å². The summed E-state index contributed by atoms with van der Waals surface area (Å²) in [5.74, 6) is -0.156. The van der Waals surface area contributed by atoms with Gasteiger partial charge < -0.3 is 4.74 Å². The van der Waals surface area contributed by atoms with Crippen molar-refractivity contribution in [2.24, 2.45) is 0 Å². The molecule has 0 aromatic heterocycles. The molecule has 2 rings (SSSR count). The third-order valence-corrected chi connectivity index (χ3v) is 3.45. The molecule has 0 aliphatic heterocycles. The van der Waals surface area contributed by atoms with Crippen molar-refractivity contribution in [3.8, 4) is 5.75 Å². The zero-order chi connectivity index (χ0) is 17.4. The lowest BCUT2D eigenvalue weighted by atomic mass is 10.1. The lowest BCUT2D eigenvalue weighted by molar-refractivity contribution is 0.0706. The van der Waals surface area contributed by atoms with Gasteiger partial charge in [-0.2, -0.15) is 0 Å². The van der Waals surface area contributed by atoms with Gasteiger partial charge in [0, 0.05) is 11.3 Å². The van der Waals surface area contributed by atoms with Crippen molar-refractivity contribution < 1.29 is 19.5 Å². The molecule has 0 heterocycles. The molecule has 3 N–H and O–H groups in total. The predicted octanol–water partition coefficient (Wildman–Crippen LogP) is 3.76. The number of benzene rings is 2. The maximum atomic E-state index is 11.9. The number of hydroxylamine groups is 1. The summed E-state index contributed by atoms with van der Waals surface area (Å²) in [7, 11) is 0. The van der Waals surface area contributed by atoms with Gasteiger partial charge in [-0.05, 0) is 54.8 Å². The molecule has 0 saturated carbocycles. The minimum atomic E-state index is -0.618. The Morgan fingerprint density at radius 1 is 1.04 bits per heavy atom. The minimum Gasteiger partial charge on any atom is -0.410 e. The van der Waals surface area contributed by atoms with E-state index in [1.165, 1.54) is 17.7 Å². The van der Waals surface area contributed by atoms with Gasteiger partial charge in [0.25, 0.3) is 5.91 Å². The number of aryl methyl sites for hydroxylation is 1. The average molecular weight is 328 g/mol. The number of hydrogen-bond acceptors (Lipinski definition) is 4. The molecule has 0 unspecified atom stereocenters. The molecule has 0 radical (unpaired) electrons. The quantitative estimate of drug-likeness (QED) is 0.556. The van der Waals surface area contributed by atoms with Crippen LogP contribution in [-0.2, 0) is 6.42 Å². The summed E-state index contributed by atoms with van der Waals surface area (Å²) in [4.78, 5) is 23.1. The number of nitrogens with one attached hydrogen (secondary N) is 2. The number of carbonyl (C=O) groups excluding carboxylic acids is 2. The van der Waals surface area contributed by atoms with Crippen LogP contribution in [0.4, 0.5) is 10.5 Å². The fourth-order valence-electron chi connectivity index (χ4n) is 2.12. The van der Waals surface area contributed by atoms with Crippen LogP contribution < -0.4 is 15.5 Å². The van der Waals surface area contributed by atoms with Crippen molar-refractivity contribution >= 4 is 17.7 Å². The van der Waals surface area contributed by atoms with Crippen LogP contribution in [0.15, 0.2) is 48.5 Å². The highest BCUT2D eigenvalue weighted by molar-refractivity contribution is 5.94. The molecular weight excluding hydrogens is 308 g/mol. The Morgan fingerprint density at radius 3 is 2.29 bits per heavy atom. The van der Waals surface area contributed by atoms with Crippen molar-refractivity contribution in [3.63, 3.8) is 0 Å². The van der Waals surface area contributed by atoms with Gasteiger partial charge in [0.2, 0.25) is 0 Å². The molecule has 2 aromatic carbocycles. The number of rotatable bonds is 6. The zero-order valence-corrected chi connectivity index (χ0v) is 13.4. The third kappa shape index (κ3) is 5.10. The SMILES string of the molecule is CCCCc1ccc(OC(=O)Nc2ccc(C(=O)NO)cc2)cc1. The van der Waals surface area contributed by atoms with Crippen molar-refractivity contribution in [1.82, 2.24) is 5.48 Å². The number of carbonyl (C=O) groups is 2. The average Bonchev–Trinajstić information content (AvgIpc) is 2.61. The van der Waals surface area contributed by atoms with Crippen molar-refractivity contribution in [2.75, 3.05) is 5.32 Å². The molecule has 126 valence electrons. The maximum absolute atomic E-state index is 11.9. The van der Waals surface area contributed by atoms with Gasteiger partial charge >= 0.3 is 6.09 Å². The fourth-order valence-corrected chi connectivity index (χ4v) is 2.12. The highest BCUT2D eigenvalue weighted by Crippen LogP contribution is 2.15. The zero-order valence-electron chi connectivity index (χ0n) is 13.4. The normalized spacial score (nSPS) is 10.1. The van der Waals surface area contributed by atoms with E-state index >= 15 is 0 Å². The fraction of sp³-hybridized carbons (Fsp3) is 0.222. The highest BCUT2D eigenvalue weighted by atomic mass is 16.6. The number of unbranched alkanes of at least 4 members (excludes halogenated alkanes) is 1. The molecule has 0 bridgehead atoms. The van der Waals surface area contributed by atoms with Gasteiger partial charge in [0.15, 0.2) is 0 Å². The topological polar surface area (TPSA) is 87.7 Å². The molecule has 0 fully saturated rings. The van der Waals surface area contributed by atoms with E-state index in [-0.39, 0.29) is 5.56 Å². The molecule has 0 atom stereocenters. The smallest absolute Gasteiger partial charge is 0.410 e. The molecule has 2 amide bonds. The van der Waals surface area contributed by atoms with E-state index in [9.17, 15) is 9.59 Å². The first-order chi connectivity index (χ1) is 11.6. The molecule has 24 heavy (non-hydrogen) atoms. The minimum absolute atomic E-state index is 0.277. The molecule has 6 heteroatoms. The summed E-state index contributed by atoms with van der Waals surface area (Å²) in [5, 5.41) is 11.1. The van der Waals surface area contributed by atoms with Gasteiger partial charge in [-0.25, -0.2) is 10.3 Å². The largest absolute Gasteiger partial charge is 0.417 e. The Kier molecular flexibility index (Phi) is 6.33. The first-order valence-electron chi connectivity index (χ1n) is 7.74. The second kappa shape index (κ2) is 8.69. The summed E-state index contributed by atoms with van der Waals surface area (Å²) in [6, 6.07) is 13.5. The molecular formula is C18H20N2O4. The Labute approximate surface area is 140 Å². The maximum Gasteiger partial charge on any atom is 0.417 e. The van der Waals surface area contributed by atoms with Crippen molar-refractivity contribution in [2.45, 2.75) is 26.2 Å². The van der Waals surface area contributed by atoms with E-state index in [1.54, 1.807) is 29.7 Å². The molecule has 0 aliphatic rings. The predicted molar refractivity (Wildman–Crippen MR) is 90.4 cm³/mol. The molecule has 0 aliphatic carbocycles. The van der Waals surface area contributed by atoms with Crippen molar-refractivity contribution in [1.29, 1.82) is 0 Å². The van der Waals surface area contributed by atoms with E-state index in [0.29, 0.717) is 11.4 Å². The second-order valence-corrected chi connectivity index (χ2v) is 5.28. The molecule has 0 saturated heterocycles. The van der Waals surface area contributed by atoms with E-state index in [4.69, 9.17) is 9.94 Å². The van der Waals surface area contributed by atoms with E-state index in [1.807, 2.05) is 12.1 Å². The van der Waals surface area contributed by atoms with E-state index < -0.39 is 12.0 Å². The van der Waals surface area contributed by atoms with Crippen LogP contribution in [0.1, 0.15) is 35.7 Å². The number of ether oxygens (including phenoxy) is 1. The Balaban J connectivity index is 1.89. The summed E-state index contributed by atoms with van der Waals surface area (Å²) in [5.41, 5.74) is 3.51. The summed E-state index contributed by atoms with van der Waals surface area (Å²) < 4.78 is 5.21. The summed E-state index contributed by atoms with van der Waals surface area (Å²) in [6.45, 7) is 2.14. The lowest BCUT2D eigenvalue weighted by Gasteiger charge is -2.08. The van der Waals surface area contributed by atoms with E-state index in [2.05, 4.69) is 12.2 Å². The van der Waals surface area contributed by atoms with Crippen LogP contribution in [0.3, 0.4) is 0 Å². The second-order valence-electron chi connectivity index (χ2n) is 5.28. The van der Waals surface area contributed by atoms with Gasteiger partial charge in [0.05, 0.1) is 0 Å². The molecule has 0 spiro atoms. The van der Waals surface area contributed by atoms with Gasteiger partial charge in [-0.1, -0.05) is 25.5 Å². The van der Waals surface area contributed by atoms with Crippen molar-refractivity contribution in [3.05, 3.63) is 59.7 Å². The monoisotopic (exact) mass is 328 g/mol. The van der Waals surface area contributed by atoms with Gasteiger partial charge in [-0.3, -0.25) is 15.3 Å². The van der Waals surface area contributed by atoms with Crippen LogP contribution in [0, 0.1) is 0 Å². The molecule has 2 aromatic rings. The van der Waals surface area contributed by atoms with Crippen LogP contribution >= 0.6 is 0 Å². The number of anilines is 1. The van der Waals surface area contributed by atoms with E-state index in [0.717, 1.165) is 19.3 Å². The first kappa shape index (κ1) is 17.5. The summed E-state index contributed by atoms with van der Waals surface area (Å²) >= 11 is 0. The number of hydrogen-bond donors (Lipinski definition) is 3. The standard InChI is InChI=1S/C18H20N2O4/c1-2-3-4-13-5-11-16(12-6-13)24-18(22)19-15-9-7-14(8-10-15)17(21)20-23/h5-12,23H,2-4H2,1H3,(H,19,22)(H,20,21). The third-order valence-electron chi connectivity index (χ3n) is 3.45. The molecule has 6 nitrogen and oxygen atoms in total. The Bertz CT molecular complexity index is 681. The van der Waals surface area contributed by atoms with Crippen LogP contribution in [0.25, 0.3) is 0 Å².